The summed E-state index contributed by atoms with van der Waals surface area (Å²) in [6.07, 6.45) is -4.39. The molecule has 1 aliphatic heterocycles. The normalized spacial score (nSPS) is 17.5. The molecule has 0 radical (unpaired) electrons. The number of carbonyl (C=O) groups is 1. The fourth-order valence-electron chi connectivity index (χ4n) is 2.46. The van der Waals surface area contributed by atoms with E-state index in [0.29, 0.717) is 16.9 Å². The third-order valence-corrected chi connectivity index (χ3v) is 3.77. The Kier molecular flexibility index (Phi) is 4.19. The minimum absolute atomic E-state index is 0.148. The van der Waals surface area contributed by atoms with E-state index in [-0.39, 0.29) is 18.8 Å². The van der Waals surface area contributed by atoms with E-state index >= 15 is 0 Å². The van der Waals surface area contributed by atoms with Gasteiger partial charge in [-0.25, -0.2) is 0 Å². The first-order valence-electron chi connectivity index (χ1n) is 7.24. The number of benzene rings is 2. The molecule has 0 spiro atoms. The van der Waals surface area contributed by atoms with Crippen molar-refractivity contribution in [1.82, 2.24) is 5.32 Å². The van der Waals surface area contributed by atoms with Gasteiger partial charge in [-0.05, 0) is 35.4 Å². The minimum Gasteiger partial charge on any atom is -0.491 e. The fraction of sp³-hybridized carbons (Fsp3) is 0.235. The quantitative estimate of drug-likeness (QED) is 0.886. The molecule has 1 unspecified atom stereocenters. The monoisotopic (exact) mass is 337 g/mol. The van der Waals surface area contributed by atoms with Crippen LogP contribution in [0, 0.1) is 0 Å². The van der Waals surface area contributed by atoms with Crippen molar-refractivity contribution < 1.29 is 27.8 Å². The Morgan fingerprint density at radius 2 is 1.79 bits per heavy atom. The zero-order valence-corrected chi connectivity index (χ0v) is 12.4. The number of fused-ring (bicyclic) bond motifs is 1. The molecule has 0 bridgehead atoms. The first-order chi connectivity index (χ1) is 11.4. The van der Waals surface area contributed by atoms with Crippen molar-refractivity contribution in [3.63, 3.8) is 0 Å². The maximum atomic E-state index is 12.6. The molecule has 1 amide bonds. The fourth-order valence-corrected chi connectivity index (χ4v) is 2.46. The third-order valence-electron chi connectivity index (χ3n) is 3.77. The van der Waals surface area contributed by atoms with Crippen molar-refractivity contribution in [2.75, 3.05) is 13.2 Å². The van der Waals surface area contributed by atoms with Gasteiger partial charge in [0.1, 0.15) is 12.4 Å². The van der Waals surface area contributed by atoms with Crippen molar-refractivity contribution in [3.8, 4) is 16.9 Å². The van der Waals surface area contributed by atoms with E-state index < -0.39 is 23.7 Å². The molecular weight excluding hydrogens is 323 g/mol. The van der Waals surface area contributed by atoms with Gasteiger partial charge < -0.3 is 15.2 Å². The van der Waals surface area contributed by atoms with Crippen molar-refractivity contribution >= 4 is 5.91 Å². The van der Waals surface area contributed by atoms with E-state index in [9.17, 15) is 18.0 Å². The second-order valence-electron chi connectivity index (χ2n) is 5.45. The maximum absolute atomic E-state index is 12.6. The predicted molar refractivity (Wildman–Crippen MR) is 80.7 cm³/mol. The highest BCUT2D eigenvalue weighted by Crippen LogP contribution is 2.32. The first-order valence-corrected chi connectivity index (χ1v) is 7.24. The summed E-state index contributed by atoms with van der Waals surface area (Å²) < 4.78 is 43.4. The van der Waals surface area contributed by atoms with E-state index in [1.807, 2.05) is 0 Å². The lowest BCUT2D eigenvalue weighted by Crippen LogP contribution is -2.39. The van der Waals surface area contributed by atoms with Crippen LogP contribution < -0.4 is 10.1 Å². The molecule has 1 atom stereocenters. The van der Waals surface area contributed by atoms with Crippen molar-refractivity contribution in [2.45, 2.75) is 12.2 Å². The third kappa shape index (κ3) is 3.21. The summed E-state index contributed by atoms with van der Waals surface area (Å²) in [7, 11) is 0. The molecule has 0 saturated carbocycles. The minimum atomic E-state index is -4.39. The van der Waals surface area contributed by atoms with E-state index in [0.717, 1.165) is 12.1 Å². The number of nitrogens with one attached hydrogen (secondary N) is 1. The largest absolute Gasteiger partial charge is 0.491 e. The molecule has 2 aromatic rings. The van der Waals surface area contributed by atoms with Gasteiger partial charge in [-0.3, -0.25) is 4.79 Å². The number of aliphatic hydroxyl groups is 1. The lowest BCUT2D eigenvalue weighted by Gasteiger charge is -2.11. The van der Waals surface area contributed by atoms with Crippen molar-refractivity contribution in [2.24, 2.45) is 0 Å². The highest BCUT2D eigenvalue weighted by molar-refractivity contribution is 5.98. The number of hydrogen-bond acceptors (Lipinski definition) is 3. The van der Waals surface area contributed by atoms with Crippen LogP contribution in [0.5, 0.6) is 5.75 Å². The van der Waals surface area contributed by atoms with Gasteiger partial charge in [0, 0.05) is 0 Å². The number of rotatable bonds is 2. The van der Waals surface area contributed by atoms with Gasteiger partial charge in [-0.15, -0.1) is 0 Å². The highest BCUT2D eigenvalue weighted by atomic mass is 19.4. The number of halogens is 3. The molecule has 0 aliphatic carbocycles. The summed E-state index contributed by atoms with van der Waals surface area (Å²) in [6.45, 7) is -0.0969. The number of alkyl halides is 3. The molecule has 24 heavy (non-hydrogen) atoms. The number of aliphatic hydroxyl groups excluding tert-OH is 1. The van der Waals surface area contributed by atoms with Crippen LogP contribution in [0.4, 0.5) is 13.2 Å². The van der Waals surface area contributed by atoms with Crippen LogP contribution in [0.3, 0.4) is 0 Å². The smallest absolute Gasteiger partial charge is 0.416 e. The Bertz CT molecular complexity index is 757. The van der Waals surface area contributed by atoms with Gasteiger partial charge in [-0.2, -0.15) is 13.2 Å². The van der Waals surface area contributed by atoms with Crippen LogP contribution >= 0.6 is 0 Å². The Hall–Kier alpha value is -2.54. The van der Waals surface area contributed by atoms with Crippen LogP contribution in [0.15, 0.2) is 42.5 Å². The van der Waals surface area contributed by atoms with Crippen molar-refractivity contribution in [3.05, 3.63) is 53.6 Å². The molecule has 1 heterocycles. The van der Waals surface area contributed by atoms with Gasteiger partial charge in [-0.1, -0.05) is 18.2 Å². The zero-order valence-electron chi connectivity index (χ0n) is 12.4. The molecule has 7 heteroatoms. The van der Waals surface area contributed by atoms with Crippen LogP contribution in [-0.2, 0) is 6.18 Å². The summed E-state index contributed by atoms with van der Waals surface area (Å²) in [5, 5.41) is 11.8. The average Bonchev–Trinajstić information content (AvgIpc) is 2.73. The van der Waals surface area contributed by atoms with Crippen LogP contribution in [0.25, 0.3) is 11.1 Å². The molecule has 2 aromatic carbocycles. The van der Waals surface area contributed by atoms with E-state index in [4.69, 9.17) is 9.84 Å². The predicted octanol–water partition coefficient (Wildman–Crippen LogP) is 2.86. The molecule has 3 rings (SSSR count). The van der Waals surface area contributed by atoms with E-state index in [1.54, 1.807) is 18.2 Å². The summed E-state index contributed by atoms with van der Waals surface area (Å²) in [6, 6.07) is 9.05. The lowest BCUT2D eigenvalue weighted by atomic mass is 10.0. The lowest BCUT2D eigenvalue weighted by molar-refractivity contribution is -0.137. The highest BCUT2D eigenvalue weighted by Gasteiger charge is 2.30. The number of ether oxygens (including phenoxy) is 1. The van der Waals surface area contributed by atoms with E-state index in [2.05, 4.69) is 5.32 Å². The van der Waals surface area contributed by atoms with Crippen LogP contribution in [0.1, 0.15) is 15.9 Å². The number of hydrogen-bond donors (Lipinski definition) is 2. The van der Waals surface area contributed by atoms with E-state index in [1.165, 1.54) is 12.1 Å². The molecular formula is C17H14F3NO3. The molecule has 0 aromatic heterocycles. The average molecular weight is 337 g/mol. The van der Waals surface area contributed by atoms with Gasteiger partial charge >= 0.3 is 6.18 Å². The zero-order chi connectivity index (χ0) is 17.3. The van der Waals surface area contributed by atoms with Gasteiger partial charge in [0.2, 0.25) is 0 Å². The molecule has 0 fully saturated rings. The van der Waals surface area contributed by atoms with Crippen molar-refractivity contribution in [1.29, 1.82) is 0 Å². The summed E-state index contributed by atoms with van der Waals surface area (Å²) in [5.41, 5.74) is 0.710. The number of carbonyl (C=O) groups excluding carboxylic acids is 1. The summed E-state index contributed by atoms with van der Waals surface area (Å²) in [5.74, 6) is -0.0191. The number of amides is 1. The van der Waals surface area contributed by atoms with Gasteiger partial charge in [0.25, 0.3) is 5.91 Å². The second-order valence-corrected chi connectivity index (χ2v) is 5.45. The SMILES string of the molecule is O=C1NC(CO)COc2ccc(-c3ccc(C(F)(F)F)cc3)cc21. The van der Waals surface area contributed by atoms with Gasteiger partial charge in [0.05, 0.1) is 23.8 Å². The molecule has 2 N–H and O–H groups in total. The summed E-state index contributed by atoms with van der Waals surface area (Å²) >= 11 is 0. The van der Waals surface area contributed by atoms with Crippen LogP contribution in [0.2, 0.25) is 0 Å². The first kappa shape index (κ1) is 16.3. The van der Waals surface area contributed by atoms with Crippen LogP contribution in [-0.4, -0.2) is 30.3 Å². The Morgan fingerprint density at radius 3 is 2.42 bits per heavy atom. The summed E-state index contributed by atoms with van der Waals surface area (Å²) in [4.78, 5) is 12.2. The molecule has 1 aliphatic rings. The topological polar surface area (TPSA) is 58.6 Å². The maximum Gasteiger partial charge on any atom is 0.416 e. The molecule has 0 saturated heterocycles. The Balaban J connectivity index is 1.93. The Morgan fingerprint density at radius 1 is 1.12 bits per heavy atom. The molecule has 126 valence electrons. The molecule has 4 nitrogen and oxygen atoms in total. The Labute approximate surface area is 135 Å². The van der Waals surface area contributed by atoms with Gasteiger partial charge in [0.15, 0.2) is 0 Å². The standard InChI is InChI=1S/C17H14F3NO3/c18-17(19,20)12-4-1-10(2-5-12)11-3-6-15-14(7-11)16(23)21-13(8-22)9-24-15/h1-7,13,22H,8-9H2,(H,21,23). The second kappa shape index (κ2) is 6.16.